The van der Waals surface area contributed by atoms with Crippen LogP contribution in [0.15, 0.2) is 46.9 Å². The van der Waals surface area contributed by atoms with Crippen molar-refractivity contribution in [2.75, 3.05) is 5.32 Å². The van der Waals surface area contributed by atoms with Crippen molar-refractivity contribution in [3.8, 4) is 0 Å². The zero-order valence-electron chi connectivity index (χ0n) is 11.2. The lowest BCUT2D eigenvalue weighted by atomic mass is 10.0. The summed E-state index contributed by atoms with van der Waals surface area (Å²) in [5, 5.41) is 4.17. The van der Waals surface area contributed by atoms with Crippen LogP contribution in [0.5, 0.6) is 0 Å². The second-order valence-electron chi connectivity index (χ2n) is 4.67. The first-order valence-corrected chi connectivity index (χ1v) is 7.74. The maximum Gasteiger partial charge on any atom is 0.137 e. The van der Waals surface area contributed by atoms with Crippen molar-refractivity contribution in [3.63, 3.8) is 0 Å². The van der Waals surface area contributed by atoms with Gasteiger partial charge in [0.05, 0.1) is 10.5 Å². The van der Waals surface area contributed by atoms with Crippen LogP contribution < -0.4 is 5.32 Å². The molecule has 2 rings (SSSR count). The minimum atomic E-state index is -0.255. The molecule has 0 saturated heterocycles. The van der Waals surface area contributed by atoms with E-state index < -0.39 is 0 Å². The van der Waals surface area contributed by atoms with Gasteiger partial charge in [-0.05, 0) is 58.2 Å². The van der Waals surface area contributed by atoms with E-state index in [0.717, 1.165) is 23.6 Å². The molecule has 0 aliphatic heterocycles. The van der Waals surface area contributed by atoms with E-state index in [4.69, 9.17) is 11.6 Å². The fraction of sp³-hybridized carbons (Fsp3) is 0.250. The van der Waals surface area contributed by atoms with Gasteiger partial charge in [0.1, 0.15) is 5.82 Å². The summed E-state index contributed by atoms with van der Waals surface area (Å²) in [5.74, 6) is -0.255. The Hall–Kier alpha value is -1.06. The molecule has 1 atom stereocenters. The third-order valence-corrected chi connectivity index (χ3v) is 3.97. The summed E-state index contributed by atoms with van der Waals surface area (Å²) in [4.78, 5) is 0. The third-order valence-electron chi connectivity index (χ3n) is 3.11. The quantitative estimate of drug-likeness (QED) is 0.673. The fourth-order valence-corrected chi connectivity index (χ4v) is 2.60. The molecule has 0 saturated carbocycles. The first kappa shape index (κ1) is 15.3. The van der Waals surface area contributed by atoms with Crippen molar-refractivity contribution in [2.45, 2.75) is 25.8 Å². The highest BCUT2D eigenvalue weighted by atomic mass is 79.9. The first-order valence-electron chi connectivity index (χ1n) is 6.57. The molecule has 0 fully saturated rings. The molecular weight excluding hydrogens is 341 g/mol. The molecule has 0 aliphatic rings. The summed E-state index contributed by atoms with van der Waals surface area (Å²) >= 11 is 9.13. The predicted molar refractivity (Wildman–Crippen MR) is 86.8 cm³/mol. The molecule has 0 aromatic heterocycles. The number of hydrogen-bond donors (Lipinski definition) is 1. The van der Waals surface area contributed by atoms with Crippen molar-refractivity contribution in [1.29, 1.82) is 0 Å². The van der Waals surface area contributed by atoms with Crippen LogP contribution in [0.1, 0.15) is 31.4 Å². The van der Waals surface area contributed by atoms with Gasteiger partial charge in [-0.2, -0.15) is 0 Å². The maximum absolute atomic E-state index is 13.3. The Kier molecular flexibility index (Phi) is 5.44. The van der Waals surface area contributed by atoms with E-state index in [2.05, 4.69) is 28.2 Å². The van der Waals surface area contributed by atoms with Crippen molar-refractivity contribution < 1.29 is 4.39 Å². The molecule has 1 unspecified atom stereocenters. The molecule has 2 aromatic rings. The summed E-state index contributed by atoms with van der Waals surface area (Å²) < 4.78 is 13.7. The normalized spacial score (nSPS) is 12.2. The lowest BCUT2D eigenvalue weighted by Gasteiger charge is -2.20. The van der Waals surface area contributed by atoms with Crippen molar-refractivity contribution >= 4 is 33.2 Å². The largest absolute Gasteiger partial charge is 0.378 e. The lowest BCUT2D eigenvalue weighted by Crippen LogP contribution is -2.10. The van der Waals surface area contributed by atoms with Gasteiger partial charge in [-0.15, -0.1) is 0 Å². The Morgan fingerprint density at radius 2 is 1.90 bits per heavy atom. The minimum Gasteiger partial charge on any atom is -0.378 e. The standard InChI is InChI=1S/C16H16BrClFN/c1-2-3-16(11-4-6-12(18)7-5-11)20-13-8-9-15(19)14(17)10-13/h4-10,16,20H,2-3H2,1H3. The van der Waals surface area contributed by atoms with Gasteiger partial charge in [-0.3, -0.25) is 0 Å². The van der Waals surface area contributed by atoms with Crippen LogP contribution in [0.4, 0.5) is 10.1 Å². The Labute approximate surface area is 132 Å². The van der Waals surface area contributed by atoms with Gasteiger partial charge in [-0.25, -0.2) is 4.39 Å². The fourth-order valence-electron chi connectivity index (χ4n) is 2.09. The number of benzene rings is 2. The Bertz CT molecular complexity index is 571. The van der Waals surface area contributed by atoms with Crippen molar-refractivity contribution in [3.05, 3.63) is 63.3 Å². The zero-order chi connectivity index (χ0) is 14.5. The Morgan fingerprint density at radius 1 is 1.20 bits per heavy atom. The van der Waals surface area contributed by atoms with Gasteiger partial charge < -0.3 is 5.32 Å². The highest BCUT2D eigenvalue weighted by Crippen LogP contribution is 2.27. The molecule has 0 heterocycles. The molecule has 0 bridgehead atoms. The molecular formula is C16H16BrClFN. The van der Waals surface area contributed by atoms with E-state index in [9.17, 15) is 4.39 Å². The molecule has 0 amide bonds. The lowest BCUT2D eigenvalue weighted by molar-refractivity contribution is 0.620. The molecule has 0 radical (unpaired) electrons. The first-order chi connectivity index (χ1) is 9.60. The Balaban J connectivity index is 2.20. The summed E-state index contributed by atoms with van der Waals surface area (Å²) in [7, 11) is 0. The van der Waals surface area contributed by atoms with Crippen LogP contribution >= 0.6 is 27.5 Å². The number of rotatable bonds is 5. The van der Waals surface area contributed by atoms with Crippen LogP contribution in [-0.4, -0.2) is 0 Å². The highest BCUT2D eigenvalue weighted by molar-refractivity contribution is 9.10. The predicted octanol–water partition coefficient (Wildman–Crippen LogP) is 6.19. The van der Waals surface area contributed by atoms with E-state index in [-0.39, 0.29) is 11.9 Å². The second-order valence-corrected chi connectivity index (χ2v) is 5.96. The monoisotopic (exact) mass is 355 g/mol. The molecule has 1 N–H and O–H groups in total. The van der Waals surface area contributed by atoms with Crippen LogP contribution in [0.2, 0.25) is 5.02 Å². The molecule has 0 aliphatic carbocycles. The van der Waals surface area contributed by atoms with Gasteiger partial charge in [-0.1, -0.05) is 37.1 Å². The van der Waals surface area contributed by atoms with Crippen LogP contribution in [-0.2, 0) is 0 Å². The summed E-state index contributed by atoms with van der Waals surface area (Å²) in [6, 6.07) is 13.0. The van der Waals surface area contributed by atoms with E-state index in [1.165, 1.54) is 11.6 Å². The molecule has 106 valence electrons. The van der Waals surface area contributed by atoms with Gasteiger partial charge in [0, 0.05) is 10.7 Å². The maximum atomic E-state index is 13.3. The SMILES string of the molecule is CCCC(Nc1ccc(F)c(Br)c1)c1ccc(Cl)cc1. The average molecular weight is 357 g/mol. The van der Waals surface area contributed by atoms with E-state index in [0.29, 0.717) is 4.47 Å². The number of nitrogens with one attached hydrogen (secondary N) is 1. The van der Waals surface area contributed by atoms with Gasteiger partial charge in [0.2, 0.25) is 0 Å². The van der Waals surface area contributed by atoms with Gasteiger partial charge in [0.25, 0.3) is 0 Å². The van der Waals surface area contributed by atoms with E-state index >= 15 is 0 Å². The second kappa shape index (κ2) is 7.09. The topological polar surface area (TPSA) is 12.0 Å². The average Bonchev–Trinajstić information content (AvgIpc) is 2.43. The van der Waals surface area contributed by atoms with Crippen molar-refractivity contribution in [1.82, 2.24) is 0 Å². The van der Waals surface area contributed by atoms with Crippen molar-refractivity contribution in [2.24, 2.45) is 0 Å². The Morgan fingerprint density at radius 3 is 2.50 bits per heavy atom. The molecule has 20 heavy (non-hydrogen) atoms. The van der Waals surface area contributed by atoms with Crippen LogP contribution in [0, 0.1) is 5.82 Å². The zero-order valence-corrected chi connectivity index (χ0v) is 13.5. The minimum absolute atomic E-state index is 0.189. The number of hydrogen-bond acceptors (Lipinski definition) is 1. The van der Waals surface area contributed by atoms with Gasteiger partial charge >= 0.3 is 0 Å². The van der Waals surface area contributed by atoms with Crippen LogP contribution in [0.3, 0.4) is 0 Å². The molecule has 0 spiro atoms. The number of anilines is 1. The summed E-state index contributed by atoms with van der Waals surface area (Å²) in [5.41, 5.74) is 2.07. The van der Waals surface area contributed by atoms with E-state index in [1.54, 1.807) is 12.1 Å². The molecule has 2 aromatic carbocycles. The highest BCUT2D eigenvalue weighted by Gasteiger charge is 2.11. The summed E-state index contributed by atoms with van der Waals surface area (Å²) in [6.45, 7) is 2.14. The molecule has 4 heteroatoms. The summed E-state index contributed by atoms with van der Waals surface area (Å²) in [6.07, 6.45) is 2.05. The van der Waals surface area contributed by atoms with Gasteiger partial charge in [0.15, 0.2) is 0 Å². The third kappa shape index (κ3) is 3.97. The molecule has 1 nitrogen and oxygen atoms in total. The van der Waals surface area contributed by atoms with E-state index in [1.807, 2.05) is 24.3 Å². The smallest absolute Gasteiger partial charge is 0.137 e. The number of halogens is 3. The van der Waals surface area contributed by atoms with Crippen LogP contribution in [0.25, 0.3) is 0 Å².